The topological polar surface area (TPSA) is 74.6 Å². The summed E-state index contributed by atoms with van der Waals surface area (Å²) in [4.78, 5) is 14.1. The molecule has 2 saturated heterocycles. The Hall–Kier alpha value is -1.16. The number of hydrogen-bond donors (Lipinski definition) is 1. The van der Waals surface area contributed by atoms with Crippen LogP contribution in [0.2, 0.25) is 0 Å². The lowest BCUT2D eigenvalue weighted by Crippen LogP contribution is -2.51. The molecule has 2 rings (SSSR count). The van der Waals surface area contributed by atoms with Crippen molar-refractivity contribution in [3.8, 4) is 6.07 Å². The second-order valence-corrected chi connectivity index (χ2v) is 4.58. The van der Waals surface area contributed by atoms with Crippen molar-refractivity contribution >= 4 is 5.91 Å². The third kappa shape index (κ3) is 2.80. The lowest BCUT2D eigenvalue weighted by molar-refractivity contribution is -0.141. The van der Waals surface area contributed by atoms with Gasteiger partial charge in [0.25, 0.3) is 0 Å². The first-order valence-electron chi connectivity index (χ1n) is 6.37. The Morgan fingerprint density at radius 2 is 2.39 bits per heavy atom. The van der Waals surface area contributed by atoms with Crippen LogP contribution in [0.3, 0.4) is 0 Å². The van der Waals surface area contributed by atoms with Crippen molar-refractivity contribution in [3.63, 3.8) is 0 Å². The highest BCUT2D eigenvalue weighted by atomic mass is 16.5. The number of amides is 1. The van der Waals surface area contributed by atoms with Crippen LogP contribution in [0.25, 0.3) is 0 Å². The largest absolute Gasteiger partial charge is 0.379 e. The van der Waals surface area contributed by atoms with Crippen molar-refractivity contribution in [1.82, 2.24) is 10.2 Å². The van der Waals surface area contributed by atoms with Gasteiger partial charge in [0.1, 0.15) is 0 Å². The first-order chi connectivity index (χ1) is 8.76. The normalized spacial score (nSPS) is 32.2. The SMILES string of the molecule is CCNC1COCC1C(=O)N1CCOC(C#N)C1. The van der Waals surface area contributed by atoms with Gasteiger partial charge in [-0.3, -0.25) is 4.79 Å². The van der Waals surface area contributed by atoms with Gasteiger partial charge in [0.15, 0.2) is 6.10 Å². The Morgan fingerprint density at radius 3 is 3.11 bits per heavy atom. The molecule has 0 aromatic rings. The number of nitriles is 1. The maximum Gasteiger partial charge on any atom is 0.229 e. The molecule has 0 radical (unpaired) electrons. The number of nitrogens with zero attached hydrogens (tertiary/aromatic N) is 2. The van der Waals surface area contributed by atoms with E-state index in [1.165, 1.54) is 0 Å². The van der Waals surface area contributed by atoms with Gasteiger partial charge in [0.2, 0.25) is 5.91 Å². The van der Waals surface area contributed by atoms with Crippen molar-refractivity contribution in [2.45, 2.75) is 19.1 Å². The minimum Gasteiger partial charge on any atom is -0.379 e. The van der Waals surface area contributed by atoms with Crippen molar-refractivity contribution in [1.29, 1.82) is 5.26 Å². The zero-order chi connectivity index (χ0) is 13.0. The summed E-state index contributed by atoms with van der Waals surface area (Å²) in [6.45, 7) is 5.24. The van der Waals surface area contributed by atoms with E-state index in [0.29, 0.717) is 32.9 Å². The van der Waals surface area contributed by atoms with Gasteiger partial charge in [-0.2, -0.15) is 5.26 Å². The van der Waals surface area contributed by atoms with E-state index >= 15 is 0 Å². The second kappa shape index (κ2) is 6.14. The van der Waals surface area contributed by atoms with Gasteiger partial charge in [0, 0.05) is 12.6 Å². The molecule has 0 aliphatic carbocycles. The van der Waals surface area contributed by atoms with Gasteiger partial charge >= 0.3 is 0 Å². The molecule has 1 amide bonds. The van der Waals surface area contributed by atoms with Crippen LogP contribution in [0.1, 0.15) is 6.92 Å². The van der Waals surface area contributed by atoms with E-state index in [2.05, 4.69) is 11.4 Å². The van der Waals surface area contributed by atoms with Crippen LogP contribution >= 0.6 is 0 Å². The molecule has 0 bridgehead atoms. The summed E-state index contributed by atoms with van der Waals surface area (Å²) in [5, 5.41) is 12.1. The lowest BCUT2D eigenvalue weighted by Gasteiger charge is -2.32. The molecular weight excluding hydrogens is 234 g/mol. The molecular formula is C12H19N3O3. The monoisotopic (exact) mass is 253 g/mol. The molecule has 0 saturated carbocycles. The van der Waals surface area contributed by atoms with Gasteiger partial charge in [-0.05, 0) is 6.54 Å². The molecule has 2 heterocycles. The molecule has 2 fully saturated rings. The van der Waals surface area contributed by atoms with E-state index in [-0.39, 0.29) is 17.9 Å². The number of likely N-dealkylation sites (N-methyl/N-ethyl adjacent to an activating group) is 1. The zero-order valence-corrected chi connectivity index (χ0v) is 10.6. The quantitative estimate of drug-likeness (QED) is 0.724. The molecule has 3 atom stereocenters. The van der Waals surface area contributed by atoms with Crippen LogP contribution in [0.4, 0.5) is 0 Å². The smallest absolute Gasteiger partial charge is 0.229 e. The van der Waals surface area contributed by atoms with E-state index in [9.17, 15) is 4.79 Å². The number of morpholine rings is 1. The summed E-state index contributed by atoms with van der Waals surface area (Å²) in [5.41, 5.74) is 0. The second-order valence-electron chi connectivity index (χ2n) is 4.58. The van der Waals surface area contributed by atoms with Crippen molar-refractivity contribution < 1.29 is 14.3 Å². The summed E-state index contributed by atoms with van der Waals surface area (Å²) in [6, 6.07) is 2.14. The standard InChI is InChI=1S/C12H19N3O3/c1-2-14-11-8-17-7-10(11)12(16)15-3-4-18-9(5-13)6-15/h9-11,14H,2-4,6-8H2,1H3. The van der Waals surface area contributed by atoms with Gasteiger partial charge in [-0.25, -0.2) is 0 Å². The van der Waals surface area contributed by atoms with Crippen LogP contribution in [0.15, 0.2) is 0 Å². The van der Waals surface area contributed by atoms with E-state index < -0.39 is 6.10 Å². The fourth-order valence-corrected chi connectivity index (χ4v) is 2.42. The lowest BCUT2D eigenvalue weighted by atomic mass is 10.0. The summed E-state index contributed by atoms with van der Waals surface area (Å²) < 4.78 is 10.6. The summed E-state index contributed by atoms with van der Waals surface area (Å²) >= 11 is 0. The number of rotatable bonds is 3. The fourth-order valence-electron chi connectivity index (χ4n) is 2.42. The maximum atomic E-state index is 12.4. The predicted molar refractivity (Wildman–Crippen MR) is 63.7 cm³/mol. The van der Waals surface area contributed by atoms with Crippen molar-refractivity contribution in [3.05, 3.63) is 0 Å². The first-order valence-corrected chi connectivity index (χ1v) is 6.37. The number of carbonyl (C=O) groups excluding carboxylic acids is 1. The molecule has 0 spiro atoms. The van der Waals surface area contributed by atoms with Crippen LogP contribution in [0.5, 0.6) is 0 Å². The van der Waals surface area contributed by atoms with Gasteiger partial charge < -0.3 is 19.7 Å². The van der Waals surface area contributed by atoms with Gasteiger partial charge in [0.05, 0.1) is 38.4 Å². The van der Waals surface area contributed by atoms with Crippen molar-refractivity contribution in [2.75, 3.05) is 39.5 Å². The average Bonchev–Trinajstić information content (AvgIpc) is 2.86. The maximum absolute atomic E-state index is 12.4. The number of carbonyl (C=O) groups is 1. The summed E-state index contributed by atoms with van der Waals surface area (Å²) in [6.07, 6.45) is -0.498. The highest BCUT2D eigenvalue weighted by molar-refractivity contribution is 5.80. The highest BCUT2D eigenvalue weighted by Gasteiger charge is 2.37. The zero-order valence-electron chi connectivity index (χ0n) is 10.6. The van der Waals surface area contributed by atoms with Crippen LogP contribution in [0, 0.1) is 17.2 Å². The molecule has 1 N–H and O–H groups in total. The molecule has 0 aromatic heterocycles. The highest BCUT2D eigenvalue weighted by Crippen LogP contribution is 2.18. The van der Waals surface area contributed by atoms with E-state index in [1.807, 2.05) is 6.92 Å². The number of nitrogens with one attached hydrogen (secondary N) is 1. The molecule has 2 aliphatic heterocycles. The molecule has 2 aliphatic rings. The third-order valence-corrected chi connectivity index (χ3v) is 3.39. The van der Waals surface area contributed by atoms with E-state index in [1.54, 1.807) is 4.90 Å². The Kier molecular flexibility index (Phi) is 4.53. The number of ether oxygens (including phenoxy) is 2. The minimum absolute atomic E-state index is 0.0713. The average molecular weight is 253 g/mol. The predicted octanol–water partition coefficient (Wildman–Crippen LogP) is -0.638. The van der Waals surface area contributed by atoms with Crippen LogP contribution < -0.4 is 5.32 Å². The van der Waals surface area contributed by atoms with Crippen LogP contribution in [-0.4, -0.2) is 62.4 Å². The molecule has 0 aromatic carbocycles. The molecule has 3 unspecified atom stereocenters. The Morgan fingerprint density at radius 1 is 1.56 bits per heavy atom. The molecule has 6 nitrogen and oxygen atoms in total. The number of hydrogen-bond acceptors (Lipinski definition) is 5. The van der Waals surface area contributed by atoms with Gasteiger partial charge in [-0.1, -0.05) is 6.92 Å². The summed E-state index contributed by atoms with van der Waals surface area (Å²) in [5.74, 6) is -0.0654. The molecule has 6 heteroatoms. The Balaban J connectivity index is 1.95. The van der Waals surface area contributed by atoms with Gasteiger partial charge in [-0.15, -0.1) is 0 Å². The Bertz CT molecular complexity index is 342. The molecule has 18 heavy (non-hydrogen) atoms. The first kappa shape index (κ1) is 13.3. The summed E-state index contributed by atoms with van der Waals surface area (Å²) in [7, 11) is 0. The molecule has 100 valence electrons. The van der Waals surface area contributed by atoms with E-state index in [4.69, 9.17) is 14.7 Å². The Labute approximate surface area is 107 Å². The third-order valence-electron chi connectivity index (χ3n) is 3.39. The minimum atomic E-state index is -0.498. The van der Waals surface area contributed by atoms with Crippen LogP contribution in [-0.2, 0) is 14.3 Å². The van der Waals surface area contributed by atoms with E-state index in [0.717, 1.165) is 6.54 Å². The van der Waals surface area contributed by atoms with Crippen molar-refractivity contribution in [2.24, 2.45) is 5.92 Å². The fraction of sp³-hybridized carbons (Fsp3) is 0.833.